The van der Waals surface area contributed by atoms with E-state index in [0.717, 1.165) is 0 Å². The third-order valence-corrected chi connectivity index (χ3v) is 2.45. The fraction of sp³-hybridized carbons (Fsp3) is 0.462. The number of carbonyl (C=O) groups is 1. The Balaban J connectivity index is 2.19. The number of nitrogens with zero attached hydrogens (tertiary/aromatic N) is 2. The van der Waals surface area contributed by atoms with Gasteiger partial charge in [0.25, 0.3) is 5.91 Å². The Morgan fingerprint density at radius 2 is 2.05 bits per heavy atom. The van der Waals surface area contributed by atoms with E-state index in [1.54, 1.807) is 32.5 Å². The second kappa shape index (κ2) is 9.74. The highest BCUT2D eigenvalue weighted by Gasteiger charge is 2.03. The molecule has 0 unspecified atom stereocenters. The lowest BCUT2D eigenvalue weighted by Crippen LogP contribution is -2.42. The quantitative estimate of drug-likeness (QED) is 0.360. The summed E-state index contributed by atoms with van der Waals surface area (Å²) in [6.07, 6.45) is 3.17. The summed E-state index contributed by atoms with van der Waals surface area (Å²) >= 11 is 0. The summed E-state index contributed by atoms with van der Waals surface area (Å²) in [5, 5.41) is 8.97. The van der Waals surface area contributed by atoms with E-state index in [2.05, 4.69) is 25.9 Å². The van der Waals surface area contributed by atoms with Crippen LogP contribution in [0.1, 0.15) is 10.4 Å². The van der Waals surface area contributed by atoms with Gasteiger partial charge in [0, 0.05) is 46.2 Å². The van der Waals surface area contributed by atoms with E-state index in [1.807, 2.05) is 0 Å². The van der Waals surface area contributed by atoms with Crippen LogP contribution in [0, 0.1) is 0 Å². The lowest BCUT2D eigenvalue weighted by molar-refractivity contribution is 0.0954. The number of hydrogen-bond acceptors (Lipinski definition) is 4. The Morgan fingerprint density at radius 1 is 1.30 bits per heavy atom. The molecule has 0 aliphatic carbocycles. The van der Waals surface area contributed by atoms with Crippen LogP contribution < -0.4 is 16.0 Å². The summed E-state index contributed by atoms with van der Waals surface area (Å²) in [4.78, 5) is 19.7. The molecule has 110 valence electrons. The van der Waals surface area contributed by atoms with Gasteiger partial charge in [0.2, 0.25) is 0 Å². The van der Waals surface area contributed by atoms with E-state index >= 15 is 0 Å². The molecule has 7 nitrogen and oxygen atoms in total. The fourth-order valence-electron chi connectivity index (χ4n) is 1.45. The Kier molecular flexibility index (Phi) is 7.74. The highest BCUT2D eigenvalue weighted by atomic mass is 16.5. The third kappa shape index (κ3) is 6.14. The second-order valence-electron chi connectivity index (χ2n) is 3.92. The normalized spacial score (nSPS) is 11.0. The molecule has 3 N–H and O–H groups in total. The fourth-order valence-corrected chi connectivity index (χ4v) is 1.45. The number of hydrogen-bond donors (Lipinski definition) is 3. The molecule has 0 radical (unpaired) electrons. The van der Waals surface area contributed by atoms with E-state index in [0.29, 0.717) is 37.8 Å². The molecule has 1 amide bonds. The van der Waals surface area contributed by atoms with Crippen LogP contribution in [0.2, 0.25) is 0 Å². The van der Waals surface area contributed by atoms with Crippen LogP contribution in [-0.2, 0) is 4.74 Å². The van der Waals surface area contributed by atoms with Crippen molar-refractivity contribution in [1.29, 1.82) is 0 Å². The highest BCUT2D eigenvalue weighted by molar-refractivity contribution is 5.93. The molecule has 20 heavy (non-hydrogen) atoms. The minimum atomic E-state index is -0.137. The van der Waals surface area contributed by atoms with Crippen LogP contribution in [0.15, 0.2) is 29.5 Å². The monoisotopic (exact) mass is 279 g/mol. The predicted molar refractivity (Wildman–Crippen MR) is 77.8 cm³/mol. The standard InChI is InChI=1S/C13H21N5O2/c1-14-13(18-8-9-20-2)17-7-6-16-12(19)11-4-3-5-15-10-11/h3-5,10H,6-9H2,1-2H3,(H,16,19)(H2,14,17,18). The van der Waals surface area contributed by atoms with Gasteiger partial charge in [-0.3, -0.25) is 14.8 Å². The van der Waals surface area contributed by atoms with Gasteiger partial charge in [0.15, 0.2) is 5.96 Å². The van der Waals surface area contributed by atoms with Crippen LogP contribution in [0.4, 0.5) is 0 Å². The maximum atomic E-state index is 11.7. The molecule has 7 heteroatoms. The van der Waals surface area contributed by atoms with Crippen molar-refractivity contribution in [3.8, 4) is 0 Å². The van der Waals surface area contributed by atoms with Crippen molar-refractivity contribution in [2.75, 3.05) is 40.4 Å². The molecule has 0 aliphatic heterocycles. The van der Waals surface area contributed by atoms with Crippen LogP contribution in [0.25, 0.3) is 0 Å². The summed E-state index contributed by atoms with van der Waals surface area (Å²) < 4.78 is 4.93. The summed E-state index contributed by atoms with van der Waals surface area (Å²) in [5.41, 5.74) is 0.551. The maximum absolute atomic E-state index is 11.7. The number of nitrogens with one attached hydrogen (secondary N) is 3. The minimum absolute atomic E-state index is 0.137. The Hall–Kier alpha value is -2.15. The van der Waals surface area contributed by atoms with Crippen molar-refractivity contribution in [3.63, 3.8) is 0 Å². The van der Waals surface area contributed by atoms with Gasteiger partial charge in [-0.25, -0.2) is 0 Å². The van der Waals surface area contributed by atoms with Gasteiger partial charge in [-0.05, 0) is 12.1 Å². The van der Waals surface area contributed by atoms with E-state index < -0.39 is 0 Å². The van der Waals surface area contributed by atoms with Crippen molar-refractivity contribution in [3.05, 3.63) is 30.1 Å². The number of methoxy groups -OCH3 is 1. The molecule has 0 aromatic carbocycles. The molecule has 1 aromatic rings. The molecule has 1 aromatic heterocycles. The Labute approximate surface area is 118 Å². The molecule has 0 saturated heterocycles. The van der Waals surface area contributed by atoms with Gasteiger partial charge in [-0.1, -0.05) is 0 Å². The van der Waals surface area contributed by atoms with Crippen molar-refractivity contribution >= 4 is 11.9 Å². The number of ether oxygens (including phenoxy) is 1. The molecule has 0 spiro atoms. The van der Waals surface area contributed by atoms with Gasteiger partial charge in [-0.2, -0.15) is 0 Å². The zero-order chi connectivity index (χ0) is 14.6. The number of guanidine groups is 1. The average molecular weight is 279 g/mol. The first-order chi connectivity index (χ1) is 9.77. The summed E-state index contributed by atoms with van der Waals surface area (Å²) in [6.45, 7) is 2.37. The Bertz CT molecular complexity index is 422. The van der Waals surface area contributed by atoms with Crippen molar-refractivity contribution in [1.82, 2.24) is 20.9 Å². The summed E-state index contributed by atoms with van der Waals surface area (Å²) in [7, 11) is 3.34. The Morgan fingerprint density at radius 3 is 2.70 bits per heavy atom. The van der Waals surface area contributed by atoms with Crippen LogP contribution >= 0.6 is 0 Å². The highest BCUT2D eigenvalue weighted by Crippen LogP contribution is 1.93. The molecule has 0 atom stereocenters. The molecule has 0 saturated carbocycles. The summed E-state index contributed by atoms with van der Waals surface area (Å²) in [6, 6.07) is 3.45. The van der Waals surface area contributed by atoms with Crippen LogP contribution in [-0.4, -0.2) is 57.2 Å². The number of rotatable bonds is 7. The van der Waals surface area contributed by atoms with E-state index in [1.165, 1.54) is 6.20 Å². The SMILES string of the molecule is CN=C(NCCNC(=O)c1cccnc1)NCCOC. The molecule has 0 bridgehead atoms. The smallest absolute Gasteiger partial charge is 0.252 e. The van der Waals surface area contributed by atoms with Gasteiger partial charge in [0.05, 0.1) is 12.2 Å². The molecule has 1 rings (SSSR count). The van der Waals surface area contributed by atoms with E-state index in [9.17, 15) is 4.79 Å². The molecular weight excluding hydrogens is 258 g/mol. The van der Waals surface area contributed by atoms with Gasteiger partial charge >= 0.3 is 0 Å². The molecule has 0 aliphatic rings. The molecular formula is C13H21N5O2. The number of carbonyl (C=O) groups excluding carboxylic acids is 1. The van der Waals surface area contributed by atoms with Gasteiger partial charge in [-0.15, -0.1) is 0 Å². The second-order valence-corrected chi connectivity index (χ2v) is 3.92. The predicted octanol–water partition coefficient (Wildman–Crippen LogP) is -0.377. The zero-order valence-corrected chi connectivity index (χ0v) is 11.8. The number of amides is 1. The topological polar surface area (TPSA) is 87.6 Å². The molecule has 1 heterocycles. The number of aliphatic imine (C=N–C) groups is 1. The number of aromatic nitrogens is 1. The van der Waals surface area contributed by atoms with Crippen LogP contribution in [0.3, 0.4) is 0 Å². The lowest BCUT2D eigenvalue weighted by atomic mass is 10.3. The largest absolute Gasteiger partial charge is 0.383 e. The van der Waals surface area contributed by atoms with Gasteiger partial charge < -0.3 is 20.7 Å². The first-order valence-corrected chi connectivity index (χ1v) is 6.39. The van der Waals surface area contributed by atoms with Gasteiger partial charge in [0.1, 0.15) is 0 Å². The van der Waals surface area contributed by atoms with Crippen molar-refractivity contribution in [2.45, 2.75) is 0 Å². The van der Waals surface area contributed by atoms with Crippen LogP contribution in [0.5, 0.6) is 0 Å². The first-order valence-electron chi connectivity index (χ1n) is 6.39. The zero-order valence-electron chi connectivity index (χ0n) is 11.8. The van der Waals surface area contributed by atoms with E-state index in [4.69, 9.17) is 4.74 Å². The lowest BCUT2D eigenvalue weighted by Gasteiger charge is -2.11. The van der Waals surface area contributed by atoms with E-state index in [-0.39, 0.29) is 5.91 Å². The number of pyridine rings is 1. The maximum Gasteiger partial charge on any atom is 0.252 e. The average Bonchev–Trinajstić information content (AvgIpc) is 2.50. The minimum Gasteiger partial charge on any atom is -0.383 e. The third-order valence-electron chi connectivity index (χ3n) is 2.45. The van der Waals surface area contributed by atoms with Crippen molar-refractivity contribution < 1.29 is 9.53 Å². The first kappa shape index (κ1) is 15.9. The summed E-state index contributed by atoms with van der Waals surface area (Å²) in [5.74, 6) is 0.542. The van der Waals surface area contributed by atoms with Crippen molar-refractivity contribution in [2.24, 2.45) is 4.99 Å². The molecule has 0 fully saturated rings.